The van der Waals surface area contributed by atoms with E-state index in [4.69, 9.17) is 5.10 Å². The molecule has 4 heteroatoms. The molecule has 0 spiro atoms. The van der Waals surface area contributed by atoms with E-state index in [0.29, 0.717) is 11.4 Å². The summed E-state index contributed by atoms with van der Waals surface area (Å²) in [4.78, 5) is 12.7. The summed E-state index contributed by atoms with van der Waals surface area (Å²) in [6.07, 6.45) is 0. The second-order valence-corrected chi connectivity index (χ2v) is 7.68. The third-order valence-corrected chi connectivity index (χ3v) is 4.38. The van der Waals surface area contributed by atoms with Crippen molar-refractivity contribution >= 4 is 11.7 Å². The number of benzene rings is 2. The van der Waals surface area contributed by atoms with Crippen LogP contribution >= 0.6 is 0 Å². The van der Waals surface area contributed by atoms with Gasteiger partial charge in [0.25, 0.3) is 5.91 Å². The van der Waals surface area contributed by atoms with Crippen molar-refractivity contribution in [2.45, 2.75) is 40.0 Å². The number of carbonyl (C=O) groups excluding carboxylic acids is 1. The summed E-state index contributed by atoms with van der Waals surface area (Å²) in [5, 5.41) is 7.80. The average Bonchev–Trinajstić information content (AvgIpc) is 3.00. The molecule has 3 rings (SSSR count). The number of nitrogens with one attached hydrogen (secondary N) is 1. The van der Waals surface area contributed by atoms with Crippen LogP contribution in [0.15, 0.2) is 54.6 Å². The van der Waals surface area contributed by atoms with Crippen LogP contribution in [-0.2, 0) is 5.41 Å². The standard InChI is InChI=1S/C22H25N3O/c1-15-10-12-17(13-11-15)21(26)23-20-14-19(22(3,4)5)24-25(20)18-9-7-6-8-16(18)2/h6-14H,1-5H3,(H,23,26). The maximum Gasteiger partial charge on any atom is 0.256 e. The lowest BCUT2D eigenvalue weighted by atomic mass is 9.92. The highest BCUT2D eigenvalue weighted by molar-refractivity contribution is 6.04. The summed E-state index contributed by atoms with van der Waals surface area (Å²) in [6, 6.07) is 17.5. The molecule has 0 saturated carbocycles. The first-order valence-corrected chi connectivity index (χ1v) is 8.80. The van der Waals surface area contributed by atoms with Crippen molar-refractivity contribution in [3.63, 3.8) is 0 Å². The van der Waals surface area contributed by atoms with Crippen LogP contribution in [0, 0.1) is 13.8 Å². The summed E-state index contributed by atoms with van der Waals surface area (Å²) in [7, 11) is 0. The number of amides is 1. The van der Waals surface area contributed by atoms with E-state index in [2.05, 4.69) is 26.1 Å². The van der Waals surface area contributed by atoms with E-state index < -0.39 is 0 Å². The molecule has 1 aromatic heterocycles. The number of rotatable bonds is 3. The Bertz CT molecular complexity index is 931. The van der Waals surface area contributed by atoms with Gasteiger partial charge in [0.1, 0.15) is 5.82 Å². The van der Waals surface area contributed by atoms with Crippen LogP contribution in [0.3, 0.4) is 0 Å². The van der Waals surface area contributed by atoms with E-state index in [1.165, 1.54) is 0 Å². The van der Waals surface area contributed by atoms with Gasteiger partial charge in [0.2, 0.25) is 0 Å². The molecule has 26 heavy (non-hydrogen) atoms. The number of carbonyl (C=O) groups is 1. The highest BCUT2D eigenvalue weighted by Gasteiger charge is 2.22. The van der Waals surface area contributed by atoms with E-state index in [1.807, 2.05) is 73.1 Å². The Morgan fingerprint density at radius 2 is 1.65 bits per heavy atom. The molecule has 0 radical (unpaired) electrons. The number of nitrogens with zero attached hydrogens (tertiary/aromatic N) is 2. The molecule has 3 aromatic rings. The molecule has 0 atom stereocenters. The monoisotopic (exact) mass is 347 g/mol. The predicted molar refractivity (Wildman–Crippen MR) is 106 cm³/mol. The van der Waals surface area contributed by atoms with E-state index in [1.54, 1.807) is 0 Å². The maximum absolute atomic E-state index is 12.7. The Labute approximate surface area is 154 Å². The molecule has 134 valence electrons. The first kappa shape index (κ1) is 17.9. The Kier molecular flexibility index (Phi) is 4.68. The van der Waals surface area contributed by atoms with Gasteiger partial charge in [-0.25, -0.2) is 4.68 Å². The zero-order valence-corrected chi connectivity index (χ0v) is 16.0. The first-order chi connectivity index (χ1) is 12.3. The molecule has 0 saturated heterocycles. The molecule has 1 heterocycles. The molecular weight excluding hydrogens is 322 g/mol. The van der Waals surface area contributed by atoms with Crippen molar-refractivity contribution in [3.8, 4) is 5.69 Å². The zero-order valence-electron chi connectivity index (χ0n) is 16.0. The smallest absolute Gasteiger partial charge is 0.256 e. The molecule has 2 aromatic carbocycles. The molecule has 1 amide bonds. The fraction of sp³-hybridized carbons (Fsp3) is 0.273. The fourth-order valence-corrected chi connectivity index (χ4v) is 2.71. The van der Waals surface area contributed by atoms with Gasteiger partial charge in [-0.05, 0) is 37.6 Å². The SMILES string of the molecule is Cc1ccc(C(=O)Nc2cc(C(C)(C)C)nn2-c2ccccc2C)cc1. The summed E-state index contributed by atoms with van der Waals surface area (Å²) in [5.74, 6) is 0.537. The van der Waals surface area contributed by atoms with Crippen molar-refractivity contribution in [2.24, 2.45) is 0 Å². The van der Waals surface area contributed by atoms with Crippen molar-refractivity contribution in [2.75, 3.05) is 5.32 Å². The van der Waals surface area contributed by atoms with Crippen LogP contribution in [0.25, 0.3) is 5.69 Å². The number of anilines is 1. The predicted octanol–water partition coefficient (Wildman–Crippen LogP) is 5.04. The number of para-hydroxylation sites is 1. The summed E-state index contributed by atoms with van der Waals surface area (Å²) in [5.41, 5.74) is 4.63. The normalized spacial score (nSPS) is 11.4. The highest BCUT2D eigenvalue weighted by atomic mass is 16.1. The van der Waals surface area contributed by atoms with Gasteiger partial charge in [0.15, 0.2) is 0 Å². The molecular formula is C22H25N3O. The van der Waals surface area contributed by atoms with Gasteiger partial charge in [-0.1, -0.05) is 56.7 Å². The van der Waals surface area contributed by atoms with Crippen LogP contribution in [0.2, 0.25) is 0 Å². The first-order valence-electron chi connectivity index (χ1n) is 8.80. The van der Waals surface area contributed by atoms with Crippen LogP contribution in [-0.4, -0.2) is 15.7 Å². The lowest BCUT2D eigenvalue weighted by Gasteiger charge is -2.14. The molecule has 0 aliphatic carbocycles. The molecule has 0 fully saturated rings. The minimum Gasteiger partial charge on any atom is -0.306 e. The molecule has 1 N–H and O–H groups in total. The van der Waals surface area contributed by atoms with Gasteiger partial charge in [0, 0.05) is 17.0 Å². The van der Waals surface area contributed by atoms with Gasteiger partial charge in [-0.2, -0.15) is 5.10 Å². The molecule has 0 aliphatic heterocycles. The summed E-state index contributed by atoms with van der Waals surface area (Å²) >= 11 is 0. The fourth-order valence-electron chi connectivity index (χ4n) is 2.71. The number of hydrogen-bond acceptors (Lipinski definition) is 2. The average molecular weight is 347 g/mol. The molecule has 0 unspecified atom stereocenters. The van der Waals surface area contributed by atoms with Gasteiger partial charge in [-0.3, -0.25) is 4.79 Å². The van der Waals surface area contributed by atoms with E-state index in [-0.39, 0.29) is 11.3 Å². The third-order valence-electron chi connectivity index (χ3n) is 4.38. The largest absolute Gasteiger partial charge is 0.306 e. The topological polar surface area (TPSA) is 46.9 Å². The lowest BCUT2D eigenvalue weighted by molar-refractivity contribution is 0.102. The maximum atomic E-state index is 12.7. The highest BCUT2D eigenvalue weighted by Crippen LogP contribution is 2.27. The number of hydrogen-bond donors (Lipinski definition) is 1. The Hall–Kier alpha value is -2.88. The van der Waals surface area contributed by atoms with Gasteiger partial charge >= 0.3 is 0 Å². The molecule has 4 nitrogen and oxygen atoms in total. The van der Waals surface area contributed by atoms with Crippen LogP contribution in [0.5, 0.6) is 0 Å². The summed E-state index contributed by atoms with van der Waals surface area (Å²) in [6.45, 7) is 10.4. The Morgan fingerprint density at radius 3 is 2.27 bits per heavy atom. The van der Waals surface area contributed by atoms with Gasteiger partial charge in [0.05, 0.1) is 11.4 Å². The Morgan fingerprint density at radius 1 is 1.00 bits per heavy atom. The Balaban J connectivity index is 2.02. The second-order valence-electron chi connectivity index (χ2n) is 7.68. The minimum atomic E-state index is -0.139. The van der Waals surface area contributed by atoms with Crippen molar-refractivity contribution in [1.29, 1.82) is 0 Å². The lowest BCUT2D eigenvalue weighted by Crippen LogP contribution is -2.15. The minimum absolute atomic E-state index is 0.114. The van der Waals surface area contributed by atoms with Gasteiger partial charge in [-0.15, -0.1) is 0 Å². The number of aryl methyl sites for hydroxylation is 2. The van der Waals surface area contributed by atoms with Crippen molar-refractivity contribution < 1.29 is 4.79 Å². The summed E-state index contributed by atoms with van der Waals surface area (Å²) < 4.78 is 1.82. The van der Waals surface area contributed by atoms with Gasteiger partial charge < -0.3 is 5.32 Å². The van der Waals surface area contributed by atoms with E-state index in [0.717, 1.165) is 22.5 Å². The van der Waals surface area contributed by atoms with E-state index >= 15 is 0 Å². The van der Waals surface area contributed by atoms with Crippen LogP contribution in [0.4, 0.5) is 5.82 Å². The molecule has 0 aliphatic rings. The quantitative estimate of drug-likeness (QED) is 0.721. The third kappa shape index (κ3) is 3.69. The van der Waals surface area contributed by atoms with Crippen LogP contribution in [0.1, 0.15) is 48.0 Å². The van der Waals surface area contributed by atoms with Crippen molar-refractivity contribution in [1.82, 2.24) is 9.78 Å². The van der Waals surface area contributed by atoms with E-state index in [9.17, 15) is 4.79 Å². The zero-order chi connectivity index (χ0) is 18.9. The number of aromatic nitrogens is 2. The van der Waals surface area contributed by atoms with Crippen LogP contribution < -0.4 is 5.32 Å². The second kappa shape index (κ2) is 6.79. The molecule has 0 bridgehead atoms. The van der Waals surface area contributed by atoms with Crippen molar-refractivity contribution in [3.05, 3.63) is 77.0 Å².